The van der Waals surface area contributed by atoms with E-state index >= 15 is 0 Å². The summed E-state index contributed by atoms with van der Waals surface area (Å²) < 4.78 is 11.3. The molecule has 7 atom stereocenters. The van der Waals surface area contributed by atoms with Crippen LogP contribution in [-0.4, -0.2) is 69.1 Å². The minimum Gasteiger partial charge on any atom is -0.455 e. The van der Waals surface area contributed by atoms with Gasteiger partial charge < -0.3 is 29.9 Å². The van der Waals surface area contributed by atoms with Crippen LogP contribution >= 0.6 is 0 Å². The summed E-state index contributed by atoms with van der Waals surface area (Å²) in [6, 6.07) is 0. The molecule has 0 saturated carbocycles. The van der Waals surface area contributed by atoms with Crippen LogP contribution in [0.3, 0.4) is 0 Å². The van der Waals surface area contributed by atoms with Crippen LogP contribution in [0.1, 0.15) is 174 Å². The number of carbonyl (C=O) groups excluding carboxylic acids is 1. The van der Waals surface area contributed by atoms with Crippen LogP contribution in [0, 0.1) is 0 Å². The SMILES string of the molecule is CCCCCCCCCCCCC(O)C(O)CCCCC(O)C1CCC(CCCCCCCC(O)CC2=CC(C)OC2=O)O1. The molecule has 1 saturated heterocycles. The molecule has 1 fully saturated rings. The number of hydrogen-bond acceptors (Lipinski definition) is 7. The van der Waals surface area contributed by atoms with E-state index in [1.165, 1.54) is 51.4 Å². The van der Waals surface area contributed by atoms with Crippen LogP contribution in [0.15, 0.2) is 11.6 Å². The average Bonchev–Trinajstić information content (AvgIpc) is 3.60. The largest absolute Gasteiger partial charge is 0.455 e. The molecule has 0 amide bonds. The molecule has 258 valence electrons. The molecule has 0 spiro atoms. The molecule has 0 aromatic rings. The van der Waals surface area contributed by atoms with E-state index in [0.29, 0.717) is 37.7 Å². The van der Waals surface area contributed by atoms with E-state index in [4.69, 9.17) is 9.47 Å². The Bertz CT molecular complexity index is 756. The highest BCUT2D eigenvalue weighted by molar-refractivity contribution is 5.90. The molecular formula is C37H68O7. The molecule has 7 nitrogen and oxygen atoms in total. The predicted octanol–water partition coefficient (Wildman–Crippen LogP) is 7.84. The van der Waals surface area contributed by atoms with Crippen molar-refractivity contribution >= 4 is 5.97 Å². The van der Waals surface area contributed by atoms with Crippen molar-refractivity contribution in [2.75, 3.05) is 0 Å². The second-order valence-electron chi connectivity index (χ2n) is 13.8. The summed E-state index contributed by atoms with van der Waals surface area (Å²) in [6.07, 6.45) is 25.3. The Morgan fingerprint density at radius 2 is 1.23 bits per heavy atom. The zero-order valence-corrected chi connectivity index (χ0v) is 28.3. The fraction of sp³-hybridized carbons (Fsp3) is 0.919. The summed E-state index contributed by atoms with van der Waals surface area (Å²) in [5.74, 6) is -0.291. The van der Waals surface area contributed by atoms with Crippen LogP contribution < -0.4 is 0 Å². The fourth-order valence-corrected chi connectivity index (χ4v) is 6.77. The Morgan fingerprint density at radius 3 is 1.82 bits per heavy atom. The third-order valence-electron chi connectivity index (χ3n) is 9.63. The molecule has 44 heavy (non-hydrogen) atoms. The summed E-state index contributed by atoms with van der Waals surface area (Å²) in [5.41, 5.74) is 0.605. The van der Waals surface area contributed by atoms with E-state index in [0.717, 1.165) is 77.0 Å². The zero-order chi connectivity index (χ0) is 32.0. The molecule has 2 heterocycles. The highest BCUT2D eigenvalue weighted by Gasteiger charge is 2.30. The average molecular weight is 625 g/mol. The maximum absolute atomic E-state index is 11.7. The van der Waals surface area contributed by atoms with Crippen LogP contribution in [-0.2, 0) is 14.3 Å². The highest BCUT2D eigenvalue weighted by Crippen LogP contribution is 2.28. The van der Waals surface area contributed by atoms with Gasteiger partial charge in [-0.3, -0.25) is 0 Å². The Balaban J connectivity index is 1.39. The molecule has 7 heteroatoms. The highest BCUT2D eigenvalue weighted by atomic mass is 16.5. The normalized spacial score (nSPS) is 23.0. The van der Waals surface area contributed by atoms with Gasteiger partial charge in [0.2, 0.25) is 0 Å². The smallest absolute Gasteiger partial charge is 0.334 e. The Labute approximate surface area is 269 Å². The maximum Gasteiger partial charge on any atom is 0.334 e. The number of hydrogen-bond donors (Lipinski definition) is 4. The number of carbonyl (C=O) groups is 1. The zero-order valence-electron chi connectivity index (χ0n) is 28.3. The molecule has 2 rings (SSSR count). The van der Waals surface area contributed by atoms with Crippen molar-refractivity contribution < 1.29 is 34.7 Å². The first-order valence-corrected chi connectivity index (χ1v) is 18.6. The molecular weight excluding hydrogens is 556 g/mol. The maximum atomic E-state index is 11.7. The Kier molecular flexibility index (Phi) is 21.6. The fourth-order valence-electron chi connectivity index (χ4n) is 6.77. The standard InChI is InChI=1S/C37H68O7/c1-3-4-5-6-7-8-9-10-14-17-22-33(39)34(40)23-18-19-24-35(41)36-26-25-32(44-36)21-16-13-11-12-15-20-31(38)28-30-27-29(2)43-37(30)42/h27,29,31-36,38-41H,3-26,28H2,1-2H3. The van der Waals surface area contributed by atoms with Gasteiger partial charge in [-0.15, -0.1) is 0 Å². The van der Waals surface area contributed by atoms with E-state index in [9.17, 15) is 25.2 Å². The number of ether oxygens (including phenoxy) is 2. The van der Waals surface area contributed by atoms with Gasteiger partial charge in [-0.25, -0.2) is 4.79 Å². The summed E-state index contributed by atoms with van der Waals surface area (Å²) in [5, 5.41) is 41.5. The van der Waals surface area contributed by atoms with Gasteiger partial charge >= 0.3 is 5.97 Å². The molecule has 2 aliphatic heterocycles. The van der Waals surface area contributed by atoms with Crippen molar-refractivity contribution in [3.8, 4) is 0 Å². The molecule has 0 aromatic carbocycles. The number of cyclic esters (lactones) is 1. The van der Waals surface area contributed by atoms with Gasteiger partial charge in [-0.05, 0) is 57.9 Å². The van der Waals surface area contributed by atoms with Crippen molar-refractivity contribution in [2.45, 2.75) is 217 Å². The molecule has 0 bridgehead atoms. The van der Waals surface area contributed by atoms with Gasteiger partial charge in [0.15, 0.2) is 0 Å². The molecule has 0 radical (unpaired) electrons. The first-order valence-electron chi connectivity index (χ1n) is 18.6. The lowest BCUT2D eigenvalue weighted by Gasteiger charge is -2.20. The van der Waals surface area contributed by atoms with Gasteiger partial charge in [0.1, 0.15) is 6.10 Å². The molecule has 4 N–H and O–H groups in total. The van der Waals surface area contributed by atoms with Gasteiger partial charge in [0.05, 0.1) is 36.6 Å². The number of aliphatic hydroxyl groups is 4. The van der Waals surface area contributed by atoms with Crippen molar-refractivity contribution in [1.29, 1.82) is 0 Å². The van der Waals surface area contributed by atoms with E-state index in [2.05, 4.69) is 6.92 Å². The Hall–Kier alpha value is -0.990. The first kappa shape index (κ1) is 39.2. The minimum atomic E-state index is -0.665. The topological polar surface area (TPSA) is 116 Å². The summed E-state index contributed by atoms with van der Waals surface area (Å²) >= 11 is 0. The predicted molar refractivity (Wildman–Crippen MR) is 177 cm³/mol. The monoisotopic (exact) mass is 624 g/mol. The van der Waals surface area contributed by atoms with Crippen LogP contribution in [0.25, 0.3) is 0 Å². The third kappa shape index (κ3) is 17.6. The summed E-state index contributed by atoms with van der Waals surface area (Å²) in [7, 11) is 0. The van der Waals surface area contributed by atoms with Crippen molar-refractivity contribution in [3.05, 3.63) is 11.6 Å². The van der Waals surface area contributed by atoms with Gasteiger partial charge in [-0.2, -0.15) is 0 Å². The molecule has 0 aromatic heterocycles. The summed E-state index contributed by atoms with van der Waals surface area (Å²) in [4.78, 5) is 11.7. The second-order valence-corrected chi connectivity index (χ2v) is 13.8. The van der Waals surface area contributed by atoms with Gasteiger partial charge in [-0.1, -0.05) is 116 Å². The van der Waals surface area contributed by atoms with Crippen molar-refractivity contribution in [1.82, 2.24) is 0 Å². The van der Waals surface area contributed by atoms with Crippen molar-refractivity contribution in [2.24, 2.45) is 0 Å². The number of rotatable bonds is 28. The Morgan fingerprint density at radius 1 is 0.705 bits per heavy atom. The molecule has 7 unspecified atom stereocenters. The third-order valence-corrected chi connectivity index (χ3v) is 9.63. The molecule has 0 aliphatic carbocycles. The first-order chi connectivity index (χ1) is 21.3. The van der Waals surface area contributed by atoms with E-state index in [1.54, 1.807) is 6.08 Å². The van der Waals surface area contributed by atoms with E-state index in [1.807, 2.05) is 6.92 Å². The summed E-state index contributed by atoms with van der Waals surface area (Å²) in [6.45, 7) is 4.08. The van der Waals surface area contributed by atoms with Gasteiger partial charge in [0.25, 0.3) is 0 Å². The second kappa shape index (κ2) is 24.2. The number of esters is 1. The number of unbranched alkanes of at least 4 members (excludes halogenated alkanes) is 14. The molecule has 2 aliphatic rings. The van der Waals surface area contributed by atoms with Crippen LogP contribution in [0.2, 0.25) is 0 Å². The van der Waals surface area contributed by atoms with Crippen molar-refractivity contribution in [3.63, 3.8) is 0 Å². The lowest BCUT2D eigenvalue weighted by atomic mass is 9.98. The minimum absolute atomic E-state index is 0.0800. The van der Waals surface area contributed by atoms with Crippen LogP contribution in [0.5, 0.6) is 0 Å². The van der Waals surface area contributed by atoms with Crippen LogP contribution in [0.4, 0.5) is 0 Å². The lowest BCUT2D eigenvalue weighted by Crippen LogP contribution is -2.27. The van der Waals surface area contributed by atoms with Gasteiger partial charge in [0, 0.05) is 12.0 Å². The number of aliphatic hydroxyl groups excluding tert-OH is 4. The van der Waals surface area contributed by atoms with E-state index < -0.39 is 24.4 Å². The quantitative estimate of drug-likeness (QED) is 0.0518. The van der Waals surface area contributed by atoms with E-state index in [-0.39, 0.29) is 24.3 Å². The lowest BCUT2D eigenvalue weighted by molar-refractivity contribution is -0.139.